The summed E-state index contributed by atoms with van der Waals surface area (Å²) in [5, 5.41) is 3.47. The maximum atomic E-state index is 4.59. The average molecular weight is 261 g/mol. The Labute approximate surface area is 117 Å². The molecule has 0 aliphatic carbocycles. The largest absolute Gasteiger partial charge is 0.356 e. The highest BCUT2D eigenvalue weighted by atomic mass is 15.2. The molecule has 1 aromatic rings. The summed E-state index contributed by atoms with van der Waals surface area (Å²) >= 11 is 0. The van der Waals surface area contributed by atoms with Gasteiger partial charge in [-0.25, -0.2) is 4.98 Å². The van der Waals surface area contributed by atoms with E-state index in [2.05, 4.69) is 54.8 Å². The van der Waals surface area contributed by atoms with Gasteiger partial charge >= 0.3 is 0 Å². The van der Waals surface area contributed by atoms with E-state index in [4.69, 9.17) is 0 Å². The number of hydrogen-bond donors (Lipinski definition) is 1. The van der Waals surface area contributed by atoms with E-state index in [1.807, 2.05) is 13.8 Å². The number of anilines is 1. The lowest BCUT2D eigenvalue weighted by molar-refractivity contribution is 0.552. The van der Waals surface area contributed by atoms with Crippen molar-refractivity contribution in [2.45, 2.75) is 34.2 Å². The highest BCUT2D eigenvalue weighted by Gasteiger charge is 2.06. The van der Waals surface area contributed by atoms with Crippen LogP contribution in [0, 0.1) is 12.8 Å². The maximum absolute atomic E-state index is 4.59. The number of aryl methyl sites for hydroxylation is 1. The molecule has 0 aromatic carbocycles. The normalized spacial score (nSPS) is 10.8. The molecular formula is C16H27N3. The third-order valence-corrected chi connectivity index (χ3v) is 2.78. The smallest absolute Gasteiger partial charge is 0.129 e. The van der Waals surface area contributed by atoms with Crippen LogP contribution in [0.2, 0.25) is 0 Å². The van der Waals surface area contributed by atoms with E-state index in [1.54, 1.807) is 0 Å². The Kier molecular flexibility index (Phi) is 6.03. The van der Waals surface area contributed by atoms with Gasteiger partial charge in [-0.3, -0.25) is 0 Å². The van der Waals surface area contributed by atoms with Gasteiger partial charge < -0.3 is 10.2 Å². The Bertz CT molecular complexity index is 424. The lowest BCUT2D eigenvalue weighted by Gasteiger charge is -2.19. The van der Waals surface area contributed by atoms with Crippen LogP contribution in [0.5, 0.6) is 0 Å². The van der Waals surface area contributed by atoms with E-state index in [-0.39, 0.29) is 0 Å². The van der Waals surface area contributed by atoms with E-state index in [0.717, 1.165) is 36.7 Å². The second kappa shape index (κ2) is 7.29. The Balaban J connectivity index is 2.73. The fourth-order valence-electron chi connectivity index (χ4n) is 2.01. The van der Waals surface area contributed by atoms with Crippen LogP contribution >= 0.6 is 0 Å². The van der Waals surface area contributed by atoms with Crippen LogP contribution < -0.4 is 10.2 Å². The zero-order valence-corrected chi connectivity index (χ0v) is 13.0. The summed E-state index contributed by atoms with van der Waals surface area (Å²) in [7, 11) is 2.06. The van der Waals surface area contributed by atoms with Crippen molar-refractivity contribution in [2.75, 3.05) is 25.0 Å². The number of likely N-dealkylation sites (N-methyl/N-ethyl adjacent to an activating group) is 1. The first kappa shape index (κ1) is 15.7. The molecule has 0 saturated heterocycles. The molecule has 0 radical (unpaired) electrons. The number of hydrogen-bond acceptors (Lipinski definition) is 3. The fourth-order valence-corrected chi connectivity index (χ4v) is 2.01. The minimum Gasteiger partial charge on any atom is -0.356 e. The van der Waals surface area contributed by atoms with Crippen molar-refractivity contribution in [3.05, 3.63) is 35.5 Å². The van der Waals surface area contributed by atoms with Crippen LogP contribution in [-0.4, -0.2) is 25.1 Å². The number of nitrogens with one attached hydrogen (secondary N) is 1. The second-order valence-corrected chi connectivity index (χ2v) is 5.81. The number of pyridine rings is 1. The van der Waals surface area contributed by atoms with Crippen LogP contribution in [0.4, 0.5) is 5.82 Å². The highest BCUT2D eigenvalue weighted by molar-refractivity contribution is 5.43. The van der Waals surface area contributed by atoms with Gasteiger partial charge in [-0.15, -0.1) is 0 Å². The van der Waals surface area contributed by atoms with Gasteiger partial charge in [0.1, 0.15) is 5.82 Å². The van der Waals surface area contributed by atoms with Crippen LogP contribution in [0.15, 0.2) is 24.3 Å². The van der Waals surface area contributed by atoms with E-state index < -0.39 is 0 Å². The summed E-state index contributed by atoms with van der Waals surface area (Å²) in [6.45, 7) is 15.3. The van der Waals surface area contributed by atoms with Crippen molar-refractivity contribution < 1.29 is 0 Å². The zero-order chi connectivity index (χ0) is 14.4. The van der Waals surface area contributed by atoms with Gasteiger partial charge in [0.2, 0.25) is 0 Å². The van der Waals surface area contributed by atoms with E-state index in [0.29, 0.717) is 5.92 Å². The third kappa shape index (κ3) is 5.88. The Morgan fingerprint density at radius 1 is 1.42 bits per heavy atom. The van der Waals surface area contributed by atoms with Gasteiger partial charge in [0.25, 0.3) is 0 Å². The molecule has 106 valence electrons. The minimum atomic E-state index is 0.675. The van der Waals surface area contributed by atoms with Crippen molar-refractivity contribution in [1.82, 2.24) is 10.3 Å². The van der Waals surface area contributed by atoms with Crippen molar-refractivity contribution >= 4 is 5.82 Å². The van der Waals surface area contributed by atoms with E-state index >= 15 is 0 Å². The average Bonchev–Trinajstić information content (AvgIpc) is 2.26. The quantitative estimate of drug-likeness (QED) is 0.764. The van der Waals surface area contributed by atoms with Crippen molar-refractivity contribution in [1.29, 1.82) is 0 Å². The first-order chi connectivity index (χ1) is 8.88. The molecule has 0 atom stereocenters. The Morgan fingerprint density at radius 2 is 2.11 bits per heavy atom. The van der Waals surface area contributed by atoms with E-state index in [9.17, 15) is 0 Å². The zero-order valence-electron chi connectivity index (χ0n) is 13.0. The van der Waals surface area contributed by atoms with Gasteiger partial charge in [0.15, 0.2) is 0 Å². The molecule has 1 heterocycles. The monoisotopic (exact) mass is 261 g/mol. The fraction of sp³-hybridized carbons (Fsp3) is 0.562. The highest BCUT2D eigenvalue weighted by Crippen LogP contribution is 2.14. The lowest BCUT2D eigenvalue weighted by atomic mass is 10.2. The summed E-state index contributed by atoms with van der Waals surface area (Å²) in [6.07, 6.45) is 0. The van der Waals surface area contributed by atoms with Crippen molar-refractivity contribution in [2.24, 2.45) is 5.92 Å². The van der Waals surface area contributed by atoms with Crippen LogP contribution in [0.1, 0.15) is 32.0 Å². The molecule has 3 heteroatoms. The molecule has 1 rings (SSSR count). The standard InChI is InChI=1S/C16H27N3/c1-12(2)9-17-10-15-7-14(5)18-16(8-15)19(6)11-13(3)4/h7-8,12,17H,3,9-11H2,1-2,4-6H3. The van der Waals surface area contributed by atoms with Gasteiger partial charge in [-0.2, -0.15) is 0 Å². The molecule has 0 saturated carbocycles. The molecule has 0 spiro atoms. The molecule has 1 N–H and O–H groups in total. The SMILES string of the molecule is C=C(C)CN(C)c1cc(CNCC(C)C)cc(C)n1. The van der Waals surface area contributed by atoms with E-state index in [1.165, 1.54) is 5.56 Å². The molecule has 19 heavy (non-hydrogen) atoms. The number of nitrogens with zero attached hydrogens (tertiary/aromatic N) is 2. The minimum absolute atomic E-state index is 0.675. The second-order valence-electron chi connectivity index (χ2n) is 5.81. The lowest BCUT2D eigenvalue weighted by Crippen LogP contribution is -2.22. The Morgan fingerprint density at radius 3 is 2.68 bits per heavy atom. The molecular weight excluding hydrogens is 234 g/mol. The third-order valence-electron chi connectivity index (χ3n) is 2.78. The van der Waals surface area contributed by atoms with Gasteiger partial charge in [-0.05, 0) is 44.0 Å². The topological polar surface area (TPSA) is 28.2 Å². The molecule has 0 fully saturated rings. The molecule has 0 aliphatic heterocycles. The van der Waals surface area contributed by atoms with Gasteiger partial charge in [-0.1, -0.05) is 26.0 Å². The molecule has 3 nitrogen and oxygen atoms in total. The predicted molar refractivity (Wildman–Crippen MR) is 83.6 cm³/mol. The van der Waals surface area contributed by atoms with Crippen molar-refractivity contribution in [3.63, 3.8) is 0 Å². The maximum Gasteiger partial charge on any atom is 0.129 e. The number of aromatic nitrogens is 1. The summed E-state index contributed by atoms with van der Waals surface area (Å²) < 4.78 is 0. The summed E-state index contributed by atoms with van der Waals surface area (Å²) in [5.74, 6) is 1.69. The Hall–Kier alpha value is -1.35. The molecule has 0 aliphatic rings. The van der Waals surface area contributed by atoms with Crippen LogP contribution in [0.25, 0.3) is 0 Å². The van der Waals surface area contributed by atoms with Crippen molar-refractivity contribution in [3.8, 4) is 0 Å². The van der Waals surface area contributed by atoms with Gasteiger partial charge in [0.05, 0.1) is 0 Å². The summed E-state index contributed by atoms with van der Waals surface area (Å²) in [5.41, 5.74) is 3.49. The van der Waals surface area contributed by atoms with Crippen LogP contribution in [-0.2, 0) is 6.54 Å². The molecule has 0 amide bonds. The van der Waals surface area contributed by atoms with Crippen LogP contribution in [0.3, 0.4) is 0 Å². The first-order valence-corrected chi connectivity index (χ1v) is 6.92. The summed E-state index contributed by atoms with van der Waals surface area (Å²) in [4.78, 5) is 6.73. The predicted octanol–water partition coefficient (Wildman–Crippen LogP) is 3.15. The summed E-state index contributed by atoms with van der Waals surface area (Å²) in [6, 6.07) is 4.30. The number of rotatable bonds is 7. The molecule has 0 unspecified atom stereocenters. The molecule has 0 bridgehead atoms. The molecule has 1 aromatic heterocycles. The first-order valence-electron chi connectivity index (χ1n) is 6.92. The van der Waals surface area contributed by atoms with Gasteiger partial charge in [0, 0.05) is 25.8 Å².